The maximum atomic E-state index is 14.0. The quantitative estimate of drug-likeness (QED) is 0.789. The van der Waals surface area contributed by atoms with E-state index >= 15 is 0 Å². The van der Waals surface area contributed by atoms with Gasteiger partial charge in [0.1, 0.15) is 10.7 Å². The normalized spacial score (nSPS) is 19.2. The van der Waals surface area contributed by atoms with Gasteiger partial charge in [-0.3, -0.25) is 0 Å². The van der Waals surface area contributed by atoms with Crippen LogP contribution < -0.4 is 5.32 Å². The number of amides is 2. The minimum Gasteiger partial charge on any atom is -0.331 e. The highest BCUT2D eigenvalue weighted by molar-refractivity contribution is 7.89. The van der Waals surface area contributed by atoms with Gasteiger partial charge >= 0.3 is 6.03 Å². The van der Waals surface area contributed by atoms with Gasteiger partial charge in [0.15, 0.2) is 0 Å². The molecule has 2 aromatic rings. The average molecular weight is 432 g/mol. The topological polar surface area (TPSA) is 69.7 Å². The summed E-state index contributed by atoms with van der Waals surface area (Å²) < 4.78 is 40.7. The van der Waals surface area contributed by atoms with Crippen LogP contribution in [0.25, 0.3) is 0 Å². The van der Waals surface area contributed by atoms with Gasteiger partial charge in [0, 0.05) is 26.2 Å². The average Bonchev–Trinajstić information content (AvgIpc) is 2.73. The van der Waals surface area contributed by atoms with Gasteiger partial charge in [-0.2, -0.15) is 4.31 Å². The van der Waals surface area contributed by atoms with E-state index < -0.39 is 15.8 Å². The molecule has 2 aliphatic rings. The minimum absolute atomic E-state index is 0.0346. The minimum atomic E-state index is -3.92. The van der Waals surface area contributed by atoms with E-state index in [9.17, 15) is 17.6 Å². The van der Waals surface area contributed by atoms with Crippen molar-refractivity contribution in [1.29, 1.82) is 0 Å². The molecule has 30 heavy (non-hydrogen) atoms. The maximum Gasteiger partial charge on any atom is 0.317 e. The second-order valence-electron chi connectivity index (χ2n) is 7.85. The summed E-state index contributed by atoms with van der Waals surface area (Å²) in [5, 5.41) is 3.16. The summed E-state index contributed by atoms with van der Waals surface area (Å²) in [5.74, 6) is -0.331. The molecule has 1 aliphatic heterocycles. The lowest BCUT2D eigenvalue weighted by Gasteiger charge is -2.38. The number of carbonyl (C=O) groups excluding carboxylic acids is 1. The fraction of sp³-hybridized carbons (Fsp3) is 0.409. The zero-order valence-corrected chi connectivity index (χ0v) is 17.5. The Kier molecular flexibility index (Phi) is 6.06. The number of carbonyl (C=O) groups is 1. The first-order chi connectivity index (χ1) is 14.5. The van der Waals surface area contributed by atoms with Crippen LogP contribution in [0.2, 0.25) is 0 Å². The Morgan fingerprint density at radius 1 is 0.967 bits per heavy atom. The monoisotopic (exact) mass is 431 g/mol. The van der Waals surface area contributed by atoms with Crippen LogP contribution in [-0.4, -0.2) is 49.8 Å². The Balaban J connectivity index is 1.40. The molecule has 1 heterocycles. The fourth-order valence-corrected chi connectivity index (χ4v) is 5.54. The number of hydrogen-bond acceptors (Lipinski definition) is 3. The third-order valence-electron chi connectivity index (χ3n) is 6.04. The van der Waals surface area contributed by atoms with Crippen LogP contribution in [0.3, 0.4) is 0 Å². The van der Waals surface area contributed by atoms with Gasteiger partial charge in [-0.15, -0.1) is 0 Å². The fourth-order valence-electron chi connectivity index (χ4n) is 4.06. The summed E-state index contributed by atoms with van der Waals surface area (Å²) in [6.45, 7) is 0.824. The Morgan fingerprint density at radius 2 is 1.60 bits per heavy atom. The largest absolute Gasteiger partial charge is 0.331 e. The van der Waals surface area contributed by atoms with E-state index in [1.165, 1.54) is 28.9 Å². The summed E-state index contributed by atoms with van der Waals surface area (Å²) in [5.41, 5.74) is 1.09. The van der Waals surface area contributed by atoms with E-state index in [1.54, 1.807) is 4.90 Å². The summed E-state index contributed by atoms with van der Waals surface area (Å²) >= 11 is 0. The predicted molar refractivity (Wildman–Crippen MR) is 112 cm³/mol. The van der Waals surface area contributed by atoms with Crippen molar-refractivity contribution in [1.82, 2.24) is 14.5 Å². The molecule has 2 aromatic carbocycles. The number of nitrogens with one attached hydrogen (secondary N) is 1. The predicted octanol–water partition coefficient (Wildman–Crippen LogP) is 3.38. The molecule has 4 rings (SSSR count). The van der Waals surface area contributed by atoms with Crippen LogP contribution in [0, 0.1) is 11.7 Å². The highest BCUT2D eigenvalue weighted by atomic mass is 32.2. The van der Waals surface area contributed by atoms with Gasteiger partial charge < -0.3 is 10.2 Å². The number of benzene rings is 2. The van der Waals surface area contributed by atoms with E-state index in [4.69, 9.17) is 0 Å². The highest BCUT2D eigenvalue weighted by Gasteiger charge is 2.34. The number of rotatable bonds is 5. The molecule has 2 fully saturated rings. The standard InChI is InChI=1S/C22H26FN3O3S/c23-19-11-4-5-12-20(19)30(28,29)26-15-13-25(14-16-26)22(27)24-21(18-9-6-10-18)17-7-2-1-3-8-17/h1-5,7-8,11-12,18,21H,6,9-10,13-16H2,(H,24,27). The number of piperazine rings is 1. The van der Waals surface area contributed by atoms with Crippen molar-refractivity contribution in [2.24, 2.45) is 5.92 Å². The van der Waals surface area contributed by atoms with Crippen LogP contribution in [0.4, 0.5) is 9.18 Å². The van der Waals surface area contributed by atoms with Crippen LogP contribution in [0.15, 0.2) is 59.5 Å². The molecule has 0 radical (unpaired) electrons. The van der Waals surface area contributed by atoms with Gasteiger partial charge in [-0.25, -0.2) is 17.6 Å². The molecule has 1 saturated carbocycles. The number of hydrogen-bond donors (Lipinski definition) is 1. The molecule has 160 valence electrons. The lowest BCUT2D eigenvalue weighted by atomic mass is 9.77. The molecule has 8 heteroatoms. The third kappa shape index (κ3) is 4.20. The number of nitrogens with zero attached hydrogens (tertiary/aromatic N) is 2. The second kappa shape index (κ2) is 8.73. The van der Waals surface area contributed by atoms with E-state index in [1.807, 2.05) is 30.3 Å². The Hall–Kier alpha value is -2.45. The van der Waals surface area contributed by atoms with Crippen molar-refractivity contribution in [2.45, 2.75) is 30.2 Å². The van der Waals surface area contributed by atoms with Crippen molar-refractivity contribution in [3.63, 3.8) is 0 Å². The summed E-state index contributed by atoms with van der Waals surface area (Å²) in [4.78, 5) is 14.2. The number of sulfonamides is 1. The Bertz CT molecular complexity index is 988. The van der Waals surface area contributed by atoms with Crippen molar-refractivity contribution >= 4 is 16.1 Å². The summed E-state index contributed by atoms with van der Waals surface area (Å²) in [6.07, 6.45) is 3.36. The van der Waals surface area contributed by atoms with Crippen molar-refractivity contribution < 1.29 is 17.6 Å². The van der Waals surface area contributed by atoms with Gasteiger partial charge in [-0.1, -0.05) is 48.9 Å². The molecule has 2 amide bonds. The van der Waals surface area contributed by atoms with E-state index in [2.05, 4.69) is 5.32 Å². The molecule has 1 saturated heterocycles. The van der Waals surface area contributed by atoms with Crippen LogP contribution >= 0.6 is 0 Å². The van der Waals surface area contributed by atoms with Gasteiger partial charge in [0.2, 0.25) is 10.0 Å². The van der Waals surface area contributed by atoms with Crippen molar-refractivity contribution in [3.05, 3.63) is 66.0 Å². The van der Waals surface area contributed by atoms with Crippen LogP contribution in [0.1, 0.15) is 30.9 Å². The lowest BCUT2D eigenvalue weighted by Crippen LogP contribution is -2.54. The molecular weight excluding hydrogens is 405 g/mol. The first-order valence-corrected chi connectivity index (χ1v) is 11.8. The zero-order valence-electron chi connectivity index (χ0n) is 16.7. The molecule has 6 nitrogen and oxygen atoms in total. The molecular formula is C22H26FN3O3S. The summed E-state index contributed by atoms with van der Waals surface area (Å²) in [6, 6.07) is 15.1. The maximum absolute atomic E-state index is 14.0. The molecule has 1 N–H and O–H groups in total. The molecule has 1 aliphatic carbocycles. The first kappa shape index (κ1) is 20.8. The smallest absolute Gasteiger partial charge is 0.317 e. The zero-order chi connectivity index (χ0) is 21.1. The van der Waals surface area contributed by atoms with Crippen molar-refractivity contribution in [3.8, 4) is 0 Å². The van der Waals surface area contributed by atoms with Crippen LogP contribution in [-0.2, 0) is 10.0 Å². The Labute approximate surface area is 176 Å². The highest BCUT2D eigenvalue weighted by Crippen LogP contribution is 2.37. The second-order valence-corrected chi connectivity index (χ2v) is 9.76. The van der Waals surface area contributed by atoms with Crippen LogP contribution in [0.5, 0.6) is 0 Å². The SMILES string of the molecule is O=C(NC(c1ccccc1)C1CCC1)N1CCN(S(=O)(=O)c2ccccc2F)CC1. The molecule has 1 atom stereocenters. The van der Waals surface area contributed by atoms with Crippen molar-refractivity contribution in [2.75, 3.05) is 26.2 Å². The summed E-state index contributed by atoms with van der Waals surface area (Å²) in [7, 11) is -3.92. The van der Waals surface area contributed by atoms with E-state index in [0.717, 1.165) is 24.5 Å². The number of halogens is 1. The number of urea groups is 1. The third-order valence-corrected chi connectivity index (χ3v) is 7.97. The lowest BCUT2D eigenvalue weighted by molar-refractivity contribution is 0.156. The van der Waals surface area contributed by atoms with Gasteiger partial charge in [0.25, 0.3) is 0 Å². The first-order valence-electron chi connectivity index (χ1n) is 10.3. The molecule has 0 spiro atoms. The molecule has 1 unspecified atom stereocenters. The Morgan fingerprint density at radius 3 is 2.20 bits per heavy atom. The molecule has 0 bridgehead atoms. The van der Waals surface area contributed by atoms with Gasteiger partial charge in [0.05, 0.1) is 6.04 Å². The van der Waals surface area contributed by atoms with E-state index in [0.29, 0.717) is 5.92 Å². The molecule has 0 aromatic heterocycles. The van der Waals surface area contributed by atoms with E-state index in [-0.39, 0.29) is 43.1 Å². The van der Waals surface area contributed by atoms with Gasteiger partial charge in [-0.05, 0) is 36.5 Å².